The van der Waals surface area contributed by atoms with E-state index in [2.05, 4.69) is 10.5 Å². The van der Waals surface area contributed by atoms with Crippen molar-refractivity contribution in [1.82, 2.24) is 15.4 Å². The Morgan fingerprint density at radius 2 is 2.03 bits per heavy atom. The van der Waals surface area contributed by atoms with Crippen LogP contribution >= 0.6 is 0 Å². The lowest BCUT2D eigenvalue weighted by atomic mass is 9.96. The maximum atomic E-state index is 13.2. The van der Waals surface area contributed by atoms with Crippen LogP contribution in [0.1, 0.15) is 50.0 Å². The van der Waals surface area contributed by atoms with Crippen molar-refractivity contribution in [2.24, 2.45) is 11.8 Å². The Labute approximate surface area is 169 Å². The molecular formula is C22H26FN3O3. The minimum atomic E-state index is -0.510. The number of amides is 2. The summed E-state index contributed by atoms with van der Waals surface area (Å²) in [6, 6.07) is 6.84. The number of rotatable bonds is 6. The molecule has 1 aromatic carbocycles. The van der Waals surface area contributed by atoms with Gasteiger partial charge in [0, 0.05) is 24.2 Å². The van der Waals surface area contributed by atoms with E-state index in [0.29, 0.717) is 30.2 Å². The molecule has 2 heterocycles. The van der Waals surface area contributed by atoms with Gasteiger partial charge < -0.3 is 14.7 Å². The molecule has 1 aliphatic heterocycles. The van der Waals surface area contributed by atoms with E-state index in [1.807, 2.05) is 13.8 Å². The van der Waals surface area contributed by atoms with E-state index in [-0.39, 0.29) is 35.3 Å². The lowest BCUT2D eigenvalue weighted by Crippen LogP contribution is -2.62. The molecule has 2 aromatic rings. The van der Waals surface area contributed by atoms with Crippen molar-refractivity contribution in [2.75, 3.05) is 6.54 Å². The topological polar surface area (TPSA) is 75.4 Å². The first-order chi connectivity index (χ1) is 13.9. The number of nitrogens with one attached hydrogen (secondary N) is 1. The summed E-state index contributed by atoms with van der Waals surface area (Å²) in [7, 11) is 0. The summed E-state index contributed by atoms with van der Waals surface area (Å²) in [5, 5.41) is 7.04. The van der Waals surface area contributed by atoms with Crippen LogP contribution < -0.4 is 5.32 Å². The van der Waals surface area contributed by atoms with E-state index in [4.69, 9.17) is 4.52 Å². The molecule has 0 radical (unpaired) electrons. The number of carbonyl (C=O) groups is 2. The Morgan fingerprint density at radius 1 is 1.31 bits per heavy atom. The molecule has 1 aliphatic carbocycles. The number of nitrogens with zero attached hydrogens (tertiary/aromatic N) is 2. The van der Waals surface area contributed by atoms with Crippen molar-refractivity contribution < 1.29 is 18.5 Å². The molecule has 29 heavy (non-hydrogen) atoms. The SMILES string of the molecule is CC(C)C[C@H]1C(=O)N[C@@H](CC2CC2)CN1C(=O)c1cc(-c2ccc(F)cc2)on1. The first-order valence-corrected chi connectivity index (χ1v) is 10.2. The molecule has 7 heteroatoms. The van der Waals surface area contributed by atoms with Gasteiger partial charge in [-0.2, -0.15) is 0 Å². The number of halogens is 1. The molecule has 2 aliphatic rings. The van der Waals surface area contributed by atoms with Gasteiger partial charge in [0.1, 0.15) is 11.9 Å². The lowest BCUT2D eigenvalue weighted by Gasteiger charge is -2.40. The predicted molar refractivity (Wildman–Crippen MR) is 105 cm³/mol. The summed E-state index contributed by atoms with van der Waals surface area (Å²) >= 11 is 0. The van der Waals surface area contributed by atoms with Gasteiger partial charge in [0.25, 0.3) is 5.91 Å². The predicted octanol–water partition coefficient (Wildman–Crippen LogP) is 3.64. The fourth-order valence-electron chi connectivity index (χ4n) is 3.92. The van der Waals surface area contributed by atoms with Crippen LogP contribution in [-0.2, 0) is 4.79 Å². The zero-order valence-corrected chi connectivity index (χ0v) is 16.7. The zero-order chi connectivity index (χ0) is 20.5. The van der Waals surface area contributed by atoms with Crippen LogP contribution in [0.4, 0.5) is 4.39 Å². The Hall–Kier alpha value is -2.70. The highest BCUT2D eigenvalue weighted by atomic mass is 19.1. The Morgan fingerprint density at radius 3 is 2.69 bits per heavy atom. The minimum absolute atomic E-state index is 0.0224. The zero-order valence-electron chi connectivity index (χ0n) is 16.7. The van der Waals surface area contributed by atoms with Crippen LogP contribution in [0.5, 0.6) is 0 Å². The normalized spacial score (nSPS) is 22.1. The van der Waals surface area contributed by atoms with Gasteiger partial charge in [-0.05, 0) is 48.9 Å². The van der Waals surface area contributed by atoms with Gasteiger partial charge in [-0.15, -0.1) is 0 Å². The maximum absolute atomic E-state index is 13.2. The van der Waals surface area contributed by atoms with Crippen molar-refractivity contribution in [3.63, 3.8) is 0 Å². The highest BCUT2D eigenvalue weighted by molar-refractivity contribution is 5.97. The summed E-state index contributed by atoms with van der Waals surface area (Å²) in [5.41, 5.74) is 0.803. The average Bonchev–Trinajstić information content (AvgIpc) is 3.35. The highest BCUT2D eigenvalue weighted by Crippen LogP contribution is 2.35. The van der Waals surface area contributed by atoms with Gasteiger partial charge in [-0.1, -0.05) is 31.8 Å². The molecule has 4 rings (SSSR count). The van der Waals surface area contributed by atoms with Crippen LogP contribution in [0, 0.1) is 17.7 Å². The largest absolute Gasteiger partial charge is 0.355 e. The Kier molecular flexibility index (Phi) is 5.39. The second-order valence-electron chi connectivity index (χ2n) is 8.57. The minimum Gasteiger partial charge on any atom is -0.355 e. The smallest absolute Gasteiger partial charge is 0.276 e. The van der Waals surface area contributed by atoms with Crippen molar-refractivity contribution in [2.45, 2.75) is 51.6 Å². The number of piperazine rings is 1. The van der Waals surface area contributed by atoms with Gasteiger partial charge >= 0.3 is 0 Å². The van der Waals surface area contributed by atoms with Crippen LogP contribution in [-0.4, -0.2) is 40.5 Å². The van der Waals surface area contributed by atoms with Crippen molar-refractivity contribution in [3.8, 4) is 11.3 Å². The summed E-state index contributed by atoms with van der Waals surface area (Å²) in [6.07, 6.45) is 3.89. The highest BCUT2D eigenvalue weighted by Gasteiger charge is 2.40. The summed E-state index contributed by atoms with van der Waals surface area (Å²) in [5.74, 6) is 0.575. The molecule has 6 nitrogen and oxygen atoms in total. The van der Waals surface area contributed by atoms with Crippen molar-refractivity contribution in [1.29, 1.82) is 0 Å². The van der Waals surface area contributed by atoms with Crippen molar-refractivity contribution >= 4 is 11.8 Å². The maximum Gasteiger partial charge on any atom is 0.276 e. The van der Waals surface area contributed by atoms with E-state index in [9.17, 15) is 14.0 Å². The summed E-state index contributed by atoms with van der Waals surface area (Å²) in [6.45, 7) is 4.56. The van der Waals surface area contributed by atoms with Gasteiger partial charge in [0.05, 0.1) is 0 Å². The molecular weight excluding hydrogens is 373 g/mol. The molecule has 1 saturated heterocycles. The number of benzene rings is 1. The van der Waals surface area contributed by atoms with Crippen LogP contribution in [0.25, 0.3) is 11.3 Å². The van der Waals surface area contributed by atoms with Crippen LogP contribution in [0.15, 0.2) is 34.9 Å². The second kappa shape index (κ2) is 7.97. The Bertz CT molecular complexity index is 889. The number of carbonyl (C=O) groups excluding carboxylic acids is 2. The molecule has 2 amide bonds. The molecule has 154 valence electrons. The van der Waals surface area contributed by atoms with Crippen molar-refractivity contribution in [3.05, 3.63) is 41.8 Å². The average molecular weight is 399 g/mol. The fourth-order valence-corrected chi connectivity index (χ4v) is 3.92. The third-order valence-electron chi connectivity index (χ3n) is 5.57. The van der Waals surface area contributed by atoms with Gasteiger partial charge in [0.2, 0.25) is 5.91 Å². The molecule has 1 saturated carbocycles. The molecule has 1 aromatic heterocycles. The quantitative estimate of drug-likeness (QED) is 0.805. The van der Waals surface area contributed by atoms with Gasteiger partial charge in [-0.25, -0.2) is 4.39 Å². The Balaban J connectivity index is 1.56. The molecule has 2 atom stereocenters. The molecule has 0 spiro atoms. The summed E-state index contributed by atoms with van der Waals surface area (Å²) < 4.78 is 18.5. The van der Waals surface area contributed by atoms with E-state index < -0.39 is 6.04 Å². The monoisotopic (exact) mass is 399 g/mol. The molecule has 2 fully saturated rings. The fraction of sp³-hybridized carbons (Fsp3) is 0.500. The lowest BCUT2D eigenvalue weighted by molar-refractivity contribution is -0.130. The first-order valence-electron chi connectivity index (χ1n) is 10.2. The van der Waals surface area contributed by atoms with E-state index in [1.54, 1.807) is 23.1 Å². The van der Waals surface area contributed by atoms with Crippen LogP contribution in [0.3, 0.4) is 0 Å². The first kappa shape index (κ1) is 19.6. The summed E-state index contributed by atoms with van der Waals surface area (Å²) in [4.78, 5) is 27.7. The standard InChI is InChI=1S/C22H26FN3O3/c1-13(2)9-19-21(27)24-17(10-14-3-4-14)12-26(19)22(28)18-11-20(29-25-18)15-5-7-16(23)8-6-15/h5-8,11,13-14,17,19H,3-4,9-10,12H2,1-2H3,(H,24,27)/t17-,19-/m0/s1. The van der Waals surface area contributed by atoms with Crippen LogP contribution in [0.2, 0.25) is 0 Å². The van der Waals surface area contributed by atoms with E-state index >= 15 is 0 Å². The number of aromatic nitrogens is 1. The van der Waals surface area contributed by atoms with Gasteiger partial charge in [0.15, 0.2) is 11.5 Å². The number of hydrogen-bond donors (Lipinski definition) is 1. The molecule has 1 N–H and O–H groups in total. The number of hydrogen-bond acceptors (Lipinski definition) is 4. The third-order valence-corrected chi connectivity index (χ3v) is 5.57. The third kappa shape index (κ3) is 4.49. The van der Waals surface area contributed by atoms with E-state index in [0.717, 1.165) is 6.42 Å². The van der Waals surface area contributed by atoms with Gasteiger partial charge in [-0.3, -0.25) is 9.59 Å². The second-order valence-corrected chi connectivity index (χ2v) is 8.57. The molecule has 0 unspecified atom stereocenters. The molecule has 0 bridgehead atoms. The van der Waals surface area contributed by atoms with E-state index in [1.165, 1.54) is 25.0 Å².